The molecule has 3 heterocycles. The summed E-state index contributed by atoms with van der Waals surface area (Å²) in [7, 11) is 0. The number of benzene rings is 1. The van der Waals surface area contributed by atoms with Crippen molar-refractivity contribution in [3.05, 3.63) is 46.1 Å². The summed E-state index contributed by atoms with van der Waals surface area (Å²) in [6.07, 6.45) is 0. The number of nitrogens with two attached hydrogens (primary N) is 2. The number of fused-ring (bicyclic) bond motifs is 1. The number of anilines is 1. The smallest absolute Gasteiger partial charge is 0.348 e. The van der Waals surface area contributed by atoms with E-state index in [1.165, 1.54) is 27.8 Å². The number of aromatic nitrogens is 5. The van der Waals surface area contributed by atoms with Crippen LogP contribution < -0.4 is 11.6 Å². The Morgan fingerprint density at radius 2 is 1.94 bits per heavy atom. The van der Waals surface area contributed by atoms with Gasteiger partial charge in [-0.25, -0.2) is 19.4 Å². The number of carbonyl (C=O) groups is 1. The Morgan fingerprint density at radius 3 is 2.65 bits per heavy atom. The number of thiophene rings is 1. The fourth-order valence-corrected chi connectivity index (χ4v) is 4.89. The largest absolute Gasteiger partial charge is 0.462 e. The zero-order valence-corrected chi connectivity index (χ0v) is 18.9. The second kappa shape index (κ2) is 8.52. The van der Waals surface area contributed by atoms with Crippen molar-refractivity contribution in [3.63, 3.8) is 0 Å². The lowest BCUT2D eigenvalue weighted by Crippen LogP contribution is -2.11. The molecule has 0 saturated carbocycles. The number of ether oxygens (including phenoxy) is 1. The van der Waals surface area contributed by atoms with Crippen LogP contribution in [0.2, 0.25) is 0 Å². The van der Waals surface area contributed by atoms with Gasteiger partial charge in [-0.05, 0) is 26.3 Å². The second-order valence-electron chi connectivity index (χ2n) is 6.81. The molecule has 11 heteroatoms. The van der Waals surface area contributed by atoms with Crippen LogP contribution in [0.25, 0.3) is 21.6 Å². The highest BCUT2D eigenvalue weighted by Gasteiger charge is 2.21. The first-order valence-electron chi connectivity index (χ1n) is 9.52. The fraction of sp³-hybridized carbons (Fsp3) is 0.250. The van der Waals surface area contributed by atoms with Gasteiger partial charge in [0.2, 0.25) is 5.16 Å². The molecular weight excluding hydrogens is 434 g/mol. The van der Waals surface area contributed by atoms with E-state index in [1.54, 1.807) is 6.92 Å². The molecule has 0 saturated heterocycles. The molecule has 0 atom stereocenters. The summed E-state index contributed by atoms with van der Waals surface area (Å²) in [4.78, 5) is 22.3. The molecule has 160 valence electrons. The minimum absolute atomic E-state index is 0.305. The third kappa shape index (κ3) is 4.06. The first-order chi connectivity index (χ1) is 14.9. The monoisotopic (exact) mass is 455 g/mol. The average Bonchev–Trinajstić information content (AvgIpc) is 3.27. The normalized spacial score (nSPS) is 11.2. The standard InChI is InChI=1S/C20H21N7O2S2/c1-4-29-19(28)15-11(3)14-16(21)23-13(24-18(14)31-15)9-30-20-26-25-17(27(20)22)12-7-5-10(2)6-8-12/h5-8H,4,9,22H2,1-3H3,(H2,21,23,24). The summed E-state index contributed by atoms with van der Waals surface area (Å²) in [6, 6.07) is 7.90. The molecule has 0 fully saturated rings. The molecule has 0 aliphatic carbocycles. The zero-order valence-electron chi connectivity index (χ0n) is 17.2. The first kappa shape index (κ1) is 21.1. The number of hydrogen-bond donors (Lipinski definition) is 2. The Labute approximate surface area is 186 Å². The van der Waals surface area contributed by atoms with Crippen LogP contribution in [-0.4, -0.2) is 37.4 Å². The number of aryl methyl sites for hydroxylation is 2. The first-order valence-corrected chi connectivity index (χ1v) is 11.3. The van der Waals surface area contributed by atoms with Gasteiger partial charge < -0.3 is 16.3 Å². The van der Waals surface area contributed by atoms with Gasteiger partial charge in [0.05, 0.1) is 17.7 Å². The molecule has 4 rings (SSSR count). The summed E-state index contributed by atoms with van der Waals surface area (Å²) in [5.41, 5.74) is 8.95. The second-order valence-corrected chi connectivity index (χ2v) is 8.75. The number of nitrogen functional groups attached to an aromatic ring is 2. The van der Waals surface area contributed by atoms with Crippen molar-refractivity contribution in [1.82, 2.24) is 24.8 Å². The summed E-state index contributed by atoms with van der Waals surface area (Å²) >= 11 is 2.61. The summed E-state index contributed by atoms with van der Waals surface area (Å²) < 4.78 is 6.57. The molecule has 0 spiro atoms. The number of rotatable bonds is 6. The SMILES string of the molecule is CCOC(=O)c1sc2nc(CSc3nnc(-c4ccc(C)cc4)n3N)nc(N)c2c1C. The maximum atomic E-state index is 12.2. The topological polar surface area (TPSA) is 135 Å². The van der Waals surface area contributed by atoms with E-state index in [0.29, 0.717) is 50.1 Å². The predicted octanol–water partition coefficient (Wildman–Crippen LogP) is 3.33. The highest BCUT2D eigenvalue weighted by Crippen LogP contribution is 2.34. The van der Waals surface area contributed by atoms with Crippen LogP contribution in [0.5, 0.6) is 0 Å². The Balaban J connectivity index is 1.57. The third-order valence-corrected chi connectivity index (χ3v) is 6.73. The number of thioether (sulfide) groups is 1. The van der Waals surface area contributed by atoms with Crippen molar-refractivity contribution in [2.75, 3.05) is 18.2 Å². The average molecular weight is 456 g/mol. The van der Waals surface area contributed by atoms with Gasteiger partial charge in [0, 0.05) is 5.56 Å². The molecule has 31 heavy (non-hydrogen) atoms. The molecule has 0 bridgehead atoms. The van der Waals surface area contributed by atoms with Gasteiger partial charge in [-0.3, -0.25) is 0 Å². The van der Waals surface area contributed by atoms with Crippen molar-refractivity contribution >= 4 is 45.1 Å². The molecule has 0 amide bonds. The van der Waals surface area contributed by atoms with Gasteiger partial charge in [-0.15, -0.1) is 21.5 Å². The van der Waals surface area contributed by atoms with E-state index in [4.69, 9.17) is 16.3 Å². The molecule has 0 unspecified atom stereocenters. The number of carbonyl (C=O) groups excluding carboxylic acids is 1. The maximum absolute atomic E-state index is 12.2. The molecule has 0 aliphatic rings. The van der Waals surface area contributed by atoms with Crippen molar-refractivity contribution in [2.24, 2.45) is 0 Å². The minimum atomic E-state index is -0.377. The minimum Gasteiger partial charge on any atom is -0.462 e. The van der Waals surface area contributed by atoms with Crippen LogP contribution in [0.4, 0.5) is 5.82 Å². The Bertz CT molecular complexity index is 1270. The van der Waals surface area contributed by atoms with Crippen LogP contribution in [0, 0.1) is 13.8 Å². The molecule has 0 radical (unpaired) electrons. The summed E-state index contributed by atoms with van der Waals surface area (Å²) in [6.45, 7) is 5.92. The Morgan fingerprint density at radius 1 is 1.19 bits per heavy atom. The van der Waals surface area contributed by atoms with Gasteiger partial charge in [0.15, 0.2) is 5.82 Å². The predicted molar refractivity (Wildman–Crippen MR) is 122 cm³/mol. The molecule has 4 N–H and O–H groups in total. The van der Waals surface area contributed by atoms with Crippen LogP contribution >= 0.6 is 23.1 Å². The molecule has 4 aromatic rings. The van der Waals surface area contributed by atoms with Gasteiger partial charge in [-0.1, -0.05) is 41.6 Å². The fourth-order valence-electron chi connectivity index (χ4n) is 3.08. The molecular formula is C20H21N7O2S2. The van der Waals surface area contributed by atoms with E-state index in [1.807, 2.05) is 38.1 Å². The molecule has 0 aliphatic heterocycles. The zero-order chi connectivity index (χ0) is 22.1. The van der Waals surface area contributed by atoms with E-state index < -0.39 is 0 Å². The summed E-state index contributed by atoms with van der Waals surface area (Å²) in [5.74, 6) is 7.65. The van der Waals surface area contributed by atoms with Crippen LogP contribution in [0.15, 0.2) is 29.4 Å². The van der Waals surface area contributed by atoms with Crippen molar-refractivity contribution in [3.8, 4) is 11.4 Å². The van der Waals surface area contributed by atoms with Gasteiger partial charge in [0.25, 0.3) is 0 Å². The Hall–Kier alpha value is -3.18. The lowest BCUT2D eigenvalue weighted by molar-refractivity contribution is 0.0531. The maximum Gasteiger partial charge on any atom is 0.348 e. The van der Waals surface area contributed by atoms with Gasteiger partial charge in [0.1, 0.15) is 21.3 Å². The summed E-state index contributed by atoms with van der Waals surface area (Å²) in [5, 5.41) is 9.60. The Kier molecular flexibility index (Phi) is 5.79. The number of esters is 1. The quantitative estimate of drug-likeness (QED) is 0.255. The van der Waals surface area contributed by atoms with E-state index in [-0.39, 0.29) is 5.97 Å². The van der Waals surface area contributed by atoms with Gasteiger partial charge >= 0.3 is 5.97 Å². The van der Waals surface area contributed by atoms with Crippen LogP contribution in [0.1, 0.15) is 33.5 Å². The highest BCUT2D eigenvalue weighted by atomic mass is 32.2. The van der Waals surface area contributed by atoms with Crippen molar-refractivity contribution in [2.45, 2.75) is 31.7 Å². The lowest BCUT2D eigenvalue weighted by Gasteiger charge is -2.05. The van der Waals surface area contributed by atoms with Crippen molar-refractivity contribution < 1.29 is 9.53 Å². The molecule has 3 aromatic heterocycles. The van der Waals surface area contributed by atoms with Gasteiger partial charge in [-0.2, -0.15) is 0 Å². The molecule has 9 nitrogen and oxygen atoms in total. The molecule has 1 aromatic carbocycles. The van der Waals surface area contributed by atoms with E-state index in [2.05, 4.69) is 20.2 Å². The highest BCUT2D eigenvalue weighted by molar-refractivity contribution is 7.98. The van der Waals surface area contributed by atoms with E-state index in [0.717, 1.165) is 16.7 Å². The van der Waals surface area contributed by atoms with Crippen molar-refractivity contribution in [1.29, 1.82) is 0 Å². The third-order valence-electron chi connectivity index (χ3n) is 4.63. The number of hydrogen-bond acceptors (Lipinski definition) is 10. The van der Waals surface area contributed by atoms with Crippen LogP contribution in [-0.2, 0) is 10.5 Å². The van der Waals surface area contributed by atoms with Crippen LogP contribution in [0.3, 0.4) is 0 Å². The number of nitrogens with zero attached hydrogens (tertiary/aromatic N) is 5. The van der Waals surface area contributed by atoms with E-state index >= 15 is 0 Å². The lowest BCUT2D eigenvalue weighted by atomic mass is 10.1. The van der Waals surface area contributed by atoms with E-state index in [9.17, 15) is 4.79 Å².